The number of imidazole rings is 1. The molecule has 2 nitrogen and oxygen atoms in total. The van der Waals surface area contributed by atoms with Gasteiger partial charge in [0.15, 0.2) is 0 Å². The van der Waals surface area contributed by atoms with Crippen LogP contribution in [-0.4, -0.2) is 9.97 Å². The molecule has 0 amide bonds. The van der Waals surface area contributed by atoms with Crippen molar-refractivity contribution in [1.29, 1.82) is 0 Å². The van der Waals surface area contributed by atoms with Gasteiger partial charge in [0, 0.05) is 0 Å². The van der Waals surface area contributed by atoms with E-state index in [0.717, 1.165) is 30.3 Å². The summed E-state index contributed by atoms with van der Waals surface area (Å²) in [5, 5.41) is 0. The number of nitrogens with one attached hydrogen (secondary N) is 1. The zero-order chi connectivity index (χ0) is 9.10. The highest BCUT2D eigenvalue weighted by Gasteiger charge is 2.01. The summed E-state index contributed by atoms with van der Waals surface area (Å²) in [6, 6.07) is 6.26. The fraction of sp³-hybridized carbons (Fsp3) is 0.273. The van der Waals surface area contributed by atoms with Crippen molar-refractivity contribution < 1.29 is 0 Å². The first-order valence-electron chi connectivity index (χ1n) is 4.62. The molecule has 1 radical (unpaired) electrons. The van der Waals surface area contributed by atoms with Gasteiger partial charge in [-0.05, 0) is 24.5 Å². The Kier molecular flexibility index (Phi) is 2.30. The Labute approximate surface area is 78.0 Å². The minimum atomic E-state index is 0.987. The summed E-state index contributed by atoms with van der Waals surface area (Å²) < 4.78 is 0. The number of para-hydroxylation sites is 1. The van der Waals surface area contributed by atoms with Crippen LogP contribution in [0.4, 0.5) is 0 Å². The van der Waals surface area contributed by atoms with Gasteiger partial charge in [0.25, 0.3) is 0 Å². The third-order valence-corrected chi connectivity index (χ3v) is 2.23. The predicted molar refractivity (Wildman–Crippen MR) is 54.4 cm³/mol. The van der Waals surface area contributed by atoms with Crippen LogP contribution in [0.2, 0.25) is 0 Å². The summed E-state index contributed by atoms with van der Waals surface area (Å²) in [6.07, 6.45) is 4.94. The van der Waals surface area contributed by atoms with E-state index in [1.54, 1.807) is 6.33 Å². The fourth-order valence-corrected chi connectivity index (χ4v) is 1.54. The number of fused-ring (bicyclic) bond motifs is 1. The van der Waals surface area contributed by atoms with E-state index in [0.29, 0.717) is 0 Å². The van der Waals surface area contributed by atoms with E-state index in [1.165, 1.54) is 5.56 Å². The van der Waals surface area contributed by atoms with Crippen molar-refractivity contribution in [2.45, 2.75) is 19.3 Å². The first kappa shape index (κ1) is 8.30. The molecule has 2 heteroatoms. The summed E-state index contributed by atoms with van der Waals surface area (Å²) in [5.74, 6) is 0. The molecule has 0 unspecified atom stereocenters. The van der Waals surface area contributed by atoms with Crippen LogP contribution < -0.4 is 0 Å². The lowest BCUT2D eigenvalue weighted by Gasteiger charge is -1.99. The quantitative estimate of drug-likeness (QED) is 0.759. The molecule has 0 atom stereocenters. The van der Waals surface area contributed by atoms with Crippen molar-refractivity contribution in [3.05, 3.63) is 37.0 Å². The molecule has 2 rings (SSSR count). The monoisotopic (exact) mass is 173 g/mol. The Hall–Kier alpha value is -1.31. The van der Waals surface area contributed by atoms with Gasteiger partial charge in [-0.25, -0.2) is 4.98 Å². The number of aromatic nitrogens is 2. The van der Waals surface area contributed by atoms with Crippen LogP contribution in [0.5, 0.6) is 0 Å². The van der Waals surface area contributed by atoms with Gasteiger partial charge in [-0.1, -0.05) is 25.5 Å². The maximum atomic E-state index is 4.30. The fourth-order valence-electron chi connectivity index (χ4n) is 1.54. The average Bonchev–Trinajstić information content (AvgIpc) is 2.62. The second kappa shape index (κ2) is 3.60. The second-order valence-electron chi connectivity index (χ2n) is 3.17. The van der Waals surface area contributed by atoms with E-state index in [1.807, 2.05) is 0 Å². The van der Waals surface area contributed by atoms with Crippen LogP contribution in [0.25, 0.3) is 11.0 Å². The molecular formula is C11H13N2. The Morgan fingerprint density at radius 1 is 1.38 bits per heavy atom. The maximum Gasteiger partial charge on any atom is 0.0931 e. The minimum Gasteiger partial charge on any atom is -0.345 e. The Bertz CT molecular complexity index is 390. The number of aryl methyl sites for hydroxylation is 1. The molecule has 0 spiro atoms. The molecule has 0 aliphatic carbocycles. The zero-order valence-corrected chi connectivity index (χ0v) is 7.59. The summed E-state index contributed by atoms with van der Waals surface area (Å²) >= 11 is 0. The molecule has 2 aromatic rings. The first-order chi connectivity index (χ1) is 6.42. The third kappa shape index (κ3) is 1.57. The van der Waals surface area contributed by atoms with Gasteiger partial charge in [0.2, 0.25) is 0 Å². The summed E-state index contributed by atoms with van der Waals surface area (Å²) in [4.78, 5) is 7.41. The van der Waals surface area contributed by atoms with Crippen molar-refractivity contribution in [1.82, 2.24) is 9.97 Å². The van der Waals surface area contributed by atoms with Crippen molar-refractivity contribution >= 4 is 11.0 Å². The Morgan fingerprint density at radius 3 is 3.15 bits per heavy atom. The first-order valence-corrected chi connectivity index (χ1v) is 4.62. The van der Waals surface area contributed by atoms with Crippen LogP contribution in [0.1, 0.15) is 18.4 Å². The summed E-state index contributed by atoms with van der Waals surface area (Å²) in [6.45, 7) is 3.84. The average molecular weight is 173 g/mol. The molecule has 1 N–H and O–H groups in total. The third-order valence-electron chi connectivity index (χ3n) is 2.23. The molecule has 0 saturated heterocycles. The van der Waals surface area contributed by atoms with Crippen molar-refractivity contribution in [2.75, 3.05) is 0 Å². The highest BCUT2D eigenvalue weighted by molar-refractivity contribution is 5.78. The van der Waals surface area contributed by atoms with Crippen molar-refractivity contribution in [3.8, 4) is 0 Å². The smallest absolute Gasteiger partial charge is 0.0931 e. The number of rotatable bonds is 3. The van der Waals surface area contributed by atoms with E-state index in [2.05, 4.69) is 35.1 Å². The lowest BCUT2D eigenvalue weighted by molar-refractivity contribution is 0.844. The van der Waals surface area contributed by atoms with Crippen LogP contribution in [0.3, 0.4) is 0 Å². The van der Waals surface area contributed by atoms with Crippen LogP contribution in [0, 0.1) is 6.92 Å². The lowest BCUT2D eigenvalue weighted by Crippen LogP contribution is -1.86. The van der Waals surface area contributed by atoms with E-state index in [9.17, 15) is 0 Å². The van der Waals surface area contributed by atoms with Crippen LogP contribution >= 0.6 is 0 Å². The van der Waals surface area contributed by atoms with E-state index >= 15 is 0 Å². The molecule has 1 heterocycles. The molecule has 0 aliphatic rings. The van der Waals surface area contributed by atoms with Gasteiger partial charge in [0.1, 0.15) is 0 Å². The topological polar surface area (TPSA) is 28.7 Å². The number of nitrogens with zero attached hydrogens (tertiary/aromatic N) is 1. The minimum absolute atomic E-state index is 0.987. The van der Waals surface area contributed by atoms with Crippen LogP contribution in [0.15, 0.2) is 24.5 Å². The molecule has 1 aromatic carbocycles. The number of benzene rings is 1. The number of hydrogen-bond acceptors (Lipinski definition) is 1. The number of unbranched alkanes of at least 4 members (excludes halogenated alkanes) is 1. The van der Waals surface area contributed by atoms with Gasteiger partial charge in [-0.15, -0.1) is 0 Å². The number of aromatic amines is 1. The molecule has 0 fully saturated rings. The van der Waals surface area contributed by atoms with E-state index in [-0.39, 0.29) is 0 Å². The maximum absolute atomic E-state index is 4.30. The molecule has 0 aliphatic heterocycles. The second-order valence-corrected chi connectivity index (χ2v) is 3.17. The van der Waals surface area contributed by atoms with Gasteiger partial charge in [-0.3, -0.25) is 0 Å². The van der Waals surface area contributed by atoms with Gasteiger partial charge in [-0.2, -0.15) is 0 Å². The molecule has 0 bridgehead atoms. The standard InChI is InChI=1S/C11H13N2/c1-2-3-5-9-6-4-7-10-11(9)13-8-12-10/h4,6-8H,1-3,5H2,(H,12,13). The molecular weight excluding hydrogens is 160 g/mol. The summed E-state index contributed by atoms with van der Waals surface area (Å²) in [5.41, 5.74) is 3.56. The van der Waals surface area contributed by atoms with E-state index < -0.39 is 0 Å². The SMILES string of the molecule is [CH2]CCCc1cccc2[nH]cnc12. The van der Waals surface area contributed by atoms with Crippen LogP contribution in [-0.2, 0) is 6.42 Å². The van der Waals surface area contributed by atoms with Crippen molar-refractivity contribution in [2.24, 2.45) is 0 Å². The van der Waals surface area contributed by atoms with Gasteiger partial charge >= 0.3 is 0 Å². The molecule has 13 heavy (non-hydrogen) atoms. The van der Waals surface area contributed by atoms with Gasteiger partial charge in [0.05, 0.1) is 17.4 Å². The largest absolute Gasteiger partial charge is 0.345 e. The van der Waals surface area contributed by atoms with E-state index in [4.69, 9.17) is 0 Å². The van der Waals surface area contributed by atoms with Crippen molar-refractivity contribution in [3.63, 3.8) is 0 Å². The summed E-state index contributed by atoms with van der Waals surface area (Å²) in [7, 11) is 0. The highest BCUT2D eigenvalue weighted by Crippen LogP contribution is 2.16. The Balaban J connectivity index is 2.37. The lowest BCUT2D eigenvalue weighted by atomic mass is 10.1. The Morgan fingerprint density at radius 2 is 2.31 bits per heavy atom. The number of H-pyrrole nitrogens is 1. The molecule has 1 aromatic heterocycles. The highest BCUT2D eigenvalue weighted by atomic mass is 14.9. The molecule has 0 saturated carbocycles. The molecule has 67 valence electrons. The zero-order valence-electron chi connectivity index (χ0n) is 7.59. The number of hydrogen-bond donors (Lipinski definition) is 1. The normalized spacial score (nSPS) is 10.8. The van der Waals surface area contributed by atoms with Gasteiger partial charge < -0.3 is 4.98 Å². The predicted octanol–water partition coefficient (Wildman–Crippen LogP) is 2.72.